The largest absolute Gasteiger partial charge is 0.402 e. The molecule has 0 aliphatic heterocycles. The van der Waals surface area contributed by atoms with Gasteiger partial charge in [-0.3, -0.25) is 4.79 Å². The second-order valence-electron chi connectivity index (χ2n) is 2.70. The molecule has 2 N–H and O–H groups in total. The first-order valence-corrected chi connectivity index (χ1v) is 4.25. The van der Waals surface area contributed by atoms with Crippen LogP contribution in [0.4, 0.5) is 0 Å². The normalized spacial score (nSPS) is 13.2. The molecule has 0 bridgehead atoms. The van der Waals surface area contributed by atoms with Crippen LogP contribution >= 0.6 is 0 Å². The SMILES string of the molecule is C/C=C(\N)CCC/C(C=O)=C/C. The molecule has 0 amide bonds. The Morgan fingerprint density at radius 1 is 1.25 bits per heavy atom. The molecule has 0 rings (SSSR count). The van der Waals surface area contributed by atoms with Gasteiger partial charge >= 0.3 is 0 Å². The van der Waals surface area contributed by atoms with Crippen LogP contribution in [0.2, 0.25) is 0 Å². The molecule has 0 fully saturated rings. The van der Waals surface area contributed by atoms with Gasteiger partial charge in [-0.2, -0.15) is 0 Å². The number of hydrogen-bond acceptors (Lipinski definition) is 2. The van der Waals surface area contributed by atoms with Gasteiger partial charge in [-0.25, -0.2) is 0 Å². The Bertz CT molecular complexity index is 192. The molecule has 0 atom stereocenters. The monoisotopic (exact) mass is 167 g/mol. The molecule has 0 aromatic heterocycles. The van der Waals surface area contributed by atoms with E-state index in [9.17, 15) is 4.79 Å². The number of rotatable bonds is 5. The van der Waals surface area contributed by atoms with Gasteiger partial charge in [-0.15, -0.1) is 0 Å². The van der Waals surface area contributed by atoms with Crippen molar-refractivity contribution in [1.29, 1.82) is 0 Å². The maximum atomic E-state index is 10.4. The van der Waals surface area contributed by atoms with E-state index < -0.39 is 0 Å². The standard InChI is InChI=1S/C10H17NO/c1-3-9(8-12)6-5-7-10(11)4-2/h3-4,8H,5-7,11H2,1-2H3/b9-3-,10-4-. The number of carbonyl (C=O) groups excluding carboxylic acids is 1. The Kier molecular flexibility index (Phi) is 6.07. The van der Waals surface area contributed by atoms with E-state index in [0.29, 0.717) is 0 Å². The van der Waals surface area contributed by atoms with Crippen LogP contribution in [0.5, 0.6) is 0 Å². The average molecular weight is 167 g/mol. The molecule has 0 heterocycles. The highest BCUT2D eigenvalue weighted by molar-refractivity contribution is 5.72. The Labute approximate surface area is 74.1 Å². The highest BCUT2D eigenvalue weighted by atomic mass is 16.1. The summed E-state index contributed by atoms with van der Waals surface area (Å²) < 4.78 is 0. The summed E-state index contributed by atoms with van der Waals surface area (Å²) in [5, 5.41) is 0. The van der Waals surface area contributed by atoms with E-state index in [0.717, 1.165) is 36.8 Å². The Morgan fingerprint density at radius 3 is 2.33 bits per heavy atom. The van der Waals surface area contributed by atoms with Gasteiger partial charge in [-0.1, -0.05) is 12.2 Å². The molecular formula is C10H17NO. The van der Waals surface area contributed by atoms with Crippen molar-refractivity contribution in [1.82, 2.24) is 0 Å². The minimum Gasteiger partial charge on any atom is -0.402 e. The van der Waals surface area contributed by atoms with Crippen LogP contribution in [-0.4, -0.2) is 6.29 Å². The zero-order chi connectivity index (χ0) is 9.40. The van der Waals surface area contributed by atoms with Crippen molar-refractivity contribution in [3.8, 4) is 0 Å². The first kappa shape index (κ1) is 11.0. The van der Waals surface area contributed by atoms with Crippen molar-refractivity contribution in [2.24, 2.45) is 5.73 Å². The minimum absolute atomic E-state index is 0.828. The molecule has 68 valence electrons. The highest BCUT2D eigenvalue weighted by Crippen LogP contribution is 2.07. The lowest BCUT2D eigenvalue weighted by molar-refractivity contribution is -0.105. The number of allylic oxidation sites excluding steroid dienone is 4. The van der Waals surface area contributed by atoms with Crippen LogP contribution in [0.1, 0.15) is 33.1 Å². The van der Waals surface area contributed by atoms with Crippen molar-refractivity contribution in [2.75, 3.05) is 0 Å². The first-order valence-electron chi connectivity index (χ1n) is 4.25. The topological polar surface area (TPSA) is 43.1 Å². The molecule has 0 spiro atoms. The molecule has 0 saturated carbocycles. The van der Waals surface area contributed by atoms with Gasteiger partial charge in [-0.05, 0) is 38.7 Å². The Morgan fingerprint density at radius 2 is 1.92 bits per heavy atom. The van der Waals surface area contributed by atoms with Crippen LogP contribution in [-0.2, 0) is 4.79 Å². The molecule has 0 unspecified atom stereocenters. The van der Waals surface area contributed by atoms with Crippen LogP contribution < -0.4 is 5.73 Å². The highest BCUT2D eigenvalue weighted by Gasteiger charge is 1.94. The third-order valence-corrected chi connectivity index (χ3v) is 1.82. The van der Waals surface area contributed by atoms with Crippen molar-refractivity contribution < 1.29 is 4.79 Å². The maximum absolute atomic E-state index is 10.4. The molecule has 0 aromatic carbocycles. The van der Waals surface area contributed by atoms with E-state index in [2.05, 4.69) is 0 Å². The van der Waals surface area contributed by atoms with Crippen LogP contribution in [0.25, 0.3) is 0 Å². The molecule has 0 radical (unpaired) electrons. The molecule has 0 aliphatic rings. The summed E-state index contributed by atoms with van der Waals surface area (Å²) in [6, 6.07) is 0. The molecule has 0 saturated heterocycles. The predicted molar refractivity (Wildman–Crippen MR) is 51.6 cm³/mol. The number of hydrogen-bond donors (Lipinski definition) is 1. The lowest BCUT2D eigenvalue weighted by Gasteiger charge is -1.99. The number of nitrogens with two attached hydrogens (primary N) is 1. The first-order chi connectivity index (χ1) is 5.74. The van der Waals surface area contributed by atoms with Gasteiger partial charge in [0.15, 0.2) is 0 Å². The summed E-state index contributed by atoms with van der Waals surface area (Å²) in [5.74, 6) is 0. The molecule has 2 nitrogen and oxygen atoms in total. The molecule has 0 aromatic rings. The summed E-state index contributed by atoms with van der Waals surface area (Å²) >= 11 is 0. The summed E-state index contributed by atoms with van der Waals surface area (Å²) in [4.78, 5) is 10.4. The van der Waals surface area contributed by atoms with Crippen LogP contribution in [0.15, 0.2) is 23.4 Å². The average Bonchev–Trinajstić information content (AvgIpc) is 2.12. The fourth-order valence-corrected chi connectivity index (χ4v) is 0.912. The Hall–Kier alpha value is -1.05. The van der Waals surface area contributed by atoms with E-state index in [-0.39, 0.29) is 0 Å². The summed E-state index contributed by atoms with van der Waals surface area (Å²) in [5.41, 5.74) is 7.35. The molecule has 12 heavy (non-hydrogen) atoms. The van der Waals surface area contributed by atoms with Crippen LogP contribution in [0.3, 0.4) is 0 Å². The minimum atomic E-state index is 0.828. The van der Waals surface area contributed by atoms with E-state index >= 15 is 0 Å². The van der Waals surface area contributed by atoms with E-state index in [1.807, 2.05) is 26.0 Å². The van der Waals surface area contributed by atoms with E-state index in [4.69, 9.17) is 5.73 Å². The third kappa shape index (κ3) is 4.72. The predicted octanol–water partition coefficient (Wildman–Crippen LogP) is 2.16. The second kappa shape index (κ2) is 6.65. The van der Waals surface area contributed by atoms with E-state index in [1.54, 1.807) is 0 Å². The maximum Gasteiger partial charge on any atom is 0.145 e. The van der Waals surface area contributed by atoms with Crippen molar-refractivity contribution in [3.63, 3.8) is 0 Å². The quantitative estimate of drug-likeness (QED) is 0.503. The summed E-state index contributed by atoms with van der Waals surface area (Å²) in [6.07, 6.45) is 7.31. The fraction of sp³-hybridized carbons (Fsp3) is 0.500. The van der Waals surface area contributed by atoms with Gasteiger partial charge in [0, 0.05) is 5.70 Å². The van der Waals surface area contributed by atoms with Crippen LogP contribution in [0, 0.1) is 0 Å². The van der Waals surface area contributed by atoms with Gasteiger partial charge < -0.3 is 5.73 Å². The second-order valence-corrected chi connectivity index (χ2v) is 2.70. The lowest BCUT2D eigenvalue weighted by Crippen LogP contribution is -1.96. The number of carbonyl (C=O) groups is 1. The van der Waals surface area contributed by atoms with Crippen molar-refractivity contribution in [3.05, 3.63) is 23.4 Å². The summed E-state index contributed by atoms with van der Waals surface area (Å²) in [6.45, 7) is 3.80. The van der Waals surface area contributed by atoms with E-state index in [1.165, 1.54) is 0 Å². The molecule has 0 aliphatic carbocycles. The molecular weight excluding hydrogens is 150 g/mol. The van der Waals surface area contributed by atoms with Gasteiger partial charge in [0.25, 0.3) is 0 Å². The van der Waals surface area contributed by atoms with Crippen molar-refractivity contribution in [2.45, 2.75) is 33.1 Å². The number of aldehydes is 1. The van der Waals surface area contributed by atoms with Gasteiger partial charge in [0.1, 0.15) is 6.29 Å². The van der Waals surface area contributed by atoms with Crippen molar-refractivity contribution >= 4 is 6.29 Å². The molecule has 2 heteroatoms. The van der Waals surface area contributed by atoms with Gasteiger partial charge in [0.2, 0.25) is 0 Å². The third-order valence-electron chi connectivity index (χ3n) is 1.82. The zero-order valence-electron chi connectivity index (χ0n) is 7.84. The lowest BCUT2D eigenvalue weighted by atomic mass is 10.1. The zero-order valence-corrected chi connectivity index (χ0v) is 7.84. The fourth-order valence-electron chi connectivity index (χ4n) is 0.912. The smallest absolute Gasteiger partial charge is 0.145 e. The summed E-state index contributed by atoms with van der Waals surface area (Å²) in [7, 11) is 0. The van der Waals surface area contributed by atoms with Gasteiger partial charge in [0.05, 0.1) is 0 Å². The Balaban J connectivity index is 3.63.